The van der Waals surface area contributed by atoms with E-state index < -0.39 is 17.8 Å². The molecule has 1 fully saturated rings. The van der Waals surface area contributed by atoms with E-state index in [1.54, 1.807) is 53.4 Å². The summed E-state index contributed by atoms with van der Waals surface area (Å²) in [6, 6.07) is 22.6. The van der Waals surface area contributed by atoms with Crippen molar-refractivity contribution >= 4 is 29.2 Å². The predicted octanol–water partition coefficient (Wildman–Crippen LogP) is 5.66. The van der Waals surface area contributed by atoms with E-state index in [2.05, 4.69) is 0 Å². The molecule has 3 amide bonds. The number of hydrogen-bond acceptors (Lipinski definition) is 3. The van der Waals surface area contributed by atoms with Crippen LogP contribution in [0.25, 0.3) is 0 Å². The van der Waals surface area contributed by atoms with Gasteiger partial charge in [0, 0.05) is 28.3 Å². The Labute approximate surface area is 179 Å². The monoisotopic (exact) mass is 418 g/mol. The van der Waals surface area contributed by atoms with Gasteiger partial charge in [-0.05, 0) is 49.4 Å². The van der Waals surface area contributed by atoms with Crippen LogP contribution in [0, 0.1) is 0 Å². The molecule has 3 aromatic rings. The van der Waals surface area contributed by atoms with Crippen LogP contribution in [0.4, 0.5) is 10.5 Å². The molecular formula is C24H19ClN2O3. The summed E-state index contributed by atoms with van der Waals surface area (Å²) in [5, 5.41) is 0.568. The molecular weight excluding hydrogens is 400 g/mol. The van der Waals surface area contributed by atoms with Gasteiger partial charge in [0.15, 0.2) is 5.72 Å². The van der Waals surface area contributed by atoms with E-state index in [1.165, 1.54) is 4.90 Å². The molecule has 0 N–H and O–H groups in total. The lowest BCUT2D eigenvalue weighted by Crippen LogP contribution is -2.67. The molecule has 0 saturated carbocycles. The molecule has 150 valence electrons. The van der Waals surface area contributed by atoms with Crippen LogP contribution in [-0.4, -0.2) is 22.6 Å². The highest BCUT2D eigenvalue weighted by atomic mass is 35.5. The Hall–Kier alpha value is -3.31. The first kappa shape index (κ1) is 18.7. The number of fused-ring (bicyclic) bond motifs is 4. The van der Waals surface area contributed by atoms with Gasteiger partial charge < -0.3 is 4.74 Å². The lowest BCUT2D eigenvalue weighted by Gasteiger charge is -2.53. The summed E-state index contributed by atoms with van der Waals surface area (Å²) in [4.78, 5) is 30.2. The minimum absolute atomic E-state index is 0.330. The minimum atomic E-state index is -0.933. The van der Waals surface area contributed by atoms with Crippen LogP contribution in [-0.2, 0) is 0 Å². The topological polar surface area (TPSA) is 49.9 Å². The summed E-state index contributed by atoms with van der Waals surface area (Å²) in [6.45, 7) is 1.88. The molecule has 0 aromatic heterocycles. The Morgan fingerprint density at radius 1 is 1.00 bits per heavy atom. The van der Waals surface area contributed by atoms with Crippen LogP contribution in [0.5, 0.6) is 5.75 Å². The van der Waals surface area contributed by atoms with Crippen molar-refractivity contribution in [2.75, 3.05) is 4.90 Å². The number of carbonyl (C=O) groups excluding carboxylic acids is 2. The van der Waals surface area contributed by atoms with Crippen LogP contribution < -0.4 is 9.64 Å². The number of rotatable bonds is 2. The zero-order chi connectivity index (χ0) is 20.9. The highest BCUT2D eigenvalue weighted by Gasteiger charge is 2.55. The van der Waals surface area contributed by atoms with Gasteiger partial charge in [-0.2, -0.15) is 0 Å². The number of amides is 3. The number of anilines is 1. The maximum atomic E-state index is 13.8. The van der Waals surface area contributed by atoms with Gasteiger partial charge in [-0.3, -0.25) is 14.6 Å². The van der Waals surface area contributed by atoms with Gasteiger partial charge in [-0.25, -0.2) is 4.79 Å². The van der Waals surface area contributed by atoms with Crippen molar-refractivity contribution < 1.29 is 14.3 Å². The van der Waals surface area contributed by atoms with E-state index >= 15 is 0 Å². The summed E-state index contributed by atoms with van der Waals surface area (Å²) in [5.41, 5.74) is 0.991. The number of nitrogens with zero attached hydrogens (tertiary/aromatic N) is 2. The number of benzene rings is 3. The second kappa shape index (κ2) is 6.89. The normalized spacial score (nSPS) is 22.3. The van der Waals surface area contributed by atoms with Crippen LogP contribution in [0.3, 0.4) is 0 Å². The zero-order valence-corrected chi connectivity index (χ0v) is 17.0. The number of urea groups is 1. The number of halogens is 1. The molecule has 0 radical (unpaired) electrons. The summed E-state index contributed by atoms with van der Waals surface area (Å²) >= 11 is 6.05. The van der Waals surface area contributed by atoms with E-state index in [9.17, 15) is 9.59 Å². The van der Waals surface area contributed by atoms with E-state index in [0.29, 0.717) is 28.4 Å². The number of carbonyl (C=O) groups is 2. The molecule has 2 atom stereocenters. The first-order valence-electron chi connectivity index (χ1n) is 9.74. The van der Waals surface area contributed by atoms with Crippen molar-refractivity contribution in [2.24, 2.45) is 0 Å². The Kier molecular flexibility index (Phi) is 4.29. The Morgan fingerprint density at radius 2 is 1.67 bits per heavy atom. The van der Waals surface area contributed by atoms with Crippen LogP contribution in [0.15, 0.2) is 78.9 Å². The number of hydrogen-bond donors (Lipinski definition) is 0. The van der Waals surface area contributed by atoms with Crippen molar-refractivity contribution in [2.45, 2.75) is 25.1 Å². The molecule has 2 heterocycles. The van der Waals surface area contributed by atoms with Gasteiger partial charge >= 0.3 is 6.03 Å². The summed E-state index contributed by atoms with van der Waals surface area (Å²) < 4.78 is 6.33. The standard InChI is InChI=1S/C24H19ClN2O3/c1-24-15-20(19-9-5-6-10-21(19)30-24)26(22(28)16-7-3-2-4-8-16)23(29)27(24)18-13-11-17(25)12-14-18/h2-14,20H,15H2,1H3/t20-,24-/m1/s1. The third-order valence-corrected chi connectivity index (χ3v) is 5.94. The lowest BCUT2D eigenvalue weighted by molar-refractivity contribution is 0.00268. The first-order valence-corrected chi connectivity index (χ1v) is 10.1. The lowest BCUT2D eigenvalue weighted by atomic mass is 9.88. The quantitative estimate of drug-likeness (QED) is 0.539. The molecule has 3 aromatic carbocycles. The molecule has 2 bridgehead atoms. The molecule has 0 spiro atoms. The molecule has 30 heavy (non-hydrogen) atoms. The largest absolute Gasteiger partial charge is 0.467 e. The average molecular weight is 419 g/mol. The second-order valence-corrected chi connectivity index (χ2v) is 8.11. The summed E-state index contributed by atoms with van der Waals surface area (Å²) in [5.74, 6) is 0.344. The van der Waals surface area contributed by atoms with E-state index in [-0.39, 0.29) is 5.91 Å². The van der Waals surface area contributed by atoms with E-state index in [4.69, 9.17) is 16.3 Å². The fourth-order valence-electron chi connectivity index (χ4n) is 4.33. The summed E-state index contributed by atoms with van der Waals surface area (Å²) in [6.07, 6.45) is 0.455. The van der Waals surface area contributed by atoms with Crippen molar-refractivity contribution in [3.05, 3.63) is 95.0 Å². The third-order valence-electron chi connectivity index (χ3n) is 5.69. The fourth-order valence-corrected chi connectivity index (χ4v) is 4.45. The Balaban J connectivity index is 1.67. The molecule has 0 aliphatic carbocycles. The minimum Gasteiger partial charge on any atom is -0.467 e. The number of imide groups is 1. The first-order chi connectivity index (χ1) is 14.5. The molecule has 2 aliphatic heterocycles. The van der Waals surface area contributed by atoms with Gasteiger partial charge in [0.2, 0.25) is 0 Å². The van der Waals surface area contributed by atoms with E-state index in [1.807, 2.05) is 37.3 Å². The average Bonchev–Trinajstić information content (AvgIpc) is 2.75. The smallest absolute Gasteiger partial charge is 0.335 e. The zero-order valence-electron chi connectivity index (χ0n) is 16.3. The van der Waals surface area contributed by atoms with Gasteiger partial charge in [-0.15, -0.1) is 0 Å². The maximum Gasteiger partial charge on any atom is 0.335 e. The highest BCUT2D eigenvalue weighted by Crippen LogP contribution is 2.49. The van der Waals surface area contributed by atoms with Crippen molar-refractivity contribution in [3.8, 4) is 5.75 Å². The highest BCUT2D eigenvalue weighted by molar-refractivity contribution is 6.30. The molecule has 2 aliphatic rings. The van der Waals surface area contributed by atoms with Crippen molar-refractivity contribution in [1.29, 1.82) is 0 Å². The van der Waals surface area contributed by atoms with Gasteiger partial charge in [0.1, 0.15) is 5.75 Å². The molecule has 5 nitrogen and oxygen atoms in total. The van der Waals surface area contributed by atoms with Gasteiger partial charge in [-0.1, -0.05) is 48.0 Å². The SMILES string of the molecule is C[C@]12C[C@H](c3ccccc3O1)N(C(=O)c1ccccc1)C(=O)N2c1ccc(Cl)cc1. The van der Waals surface area contributed by atoms with Crippen LogP contribution >= 0.6 is 11.6 Å². The Bertz CT molecular complexity index is 1130. The van der Waals surface area contributed by atoms with E-state index in [0.717, 1.165) is 5.56 Å². The van der Waals surface area contributed by atoms with Gasteiger partial charge in [0.05, 0.1) is 6.04 Å². The number of para-hydroxylation sites is 1. The second-order valence-electron chi connectivity index (χ2n) is 7.67. The fraction of sp³-hybridized carbons (Fsp3) is 0.167. The Morgan fingerprint density at radius 3 is 2.40 bits per heavy atom. The molecule has 0 unspecified atom stereocenters. The van der Waals surface area contributed by atoms with Crippen molar-refractivity contribution in [3.63, 3.8) is 0 Å². The van der Waals surface area contributed by atoms with Crippen LogP contribution in [0.2, 0.25) is 5.02 Å². The van der Waals surface area contributed by atoms with Gasteiger partial charge in [0.25, 0.3) is 5.91 Å². The molecule has 1 saturated heterocycles. The molecule has 6 heteroatoms. The predicted molar refractivity (Wildman–Crippen MR) is 115 cm³/mol. The van der Waals surface area contributed by atoms with Crippen molar-refractivity contribution in [1.82, 2.24) is 4.90 Å². The van der Waals surface area contributed by atoms with Crippen LogP contribution in [0.1, 0.15) is 35.3 Å². The third kappa shape index (κ3) is 2.85. The maximum absolute atomic E-state index is 13.8. The molecule has 5 rings (SSSR count). The number of ether oxygens (including phenoxy) is 1. The summed E-state index contributed by atoms with van der Waals surface area (Å²) in [7, 11) is 0.